The van der Waals surface area contributed by atoms with E-state index in [9.17, 15) is 22.8 Å². The molecule has 2 aliphatic heterocycles. The van der Waals surface area contributed by atoms with Crippen LogP contribution in [0, 0.1) is 18.8 Å². The van der Waals surface area contributed by atoms with E-state index in [-0.39, 0.29) is 27.6 Å². The Morgan fingerprint density at radius 3 is 2.68 bits per heavy atom. The Morgan fingerprint density at radius 2 is 1.96 bits per heavy atom. The molecule has 4 aliphatic rings. The number of carbonyl (C=O) groups excluding carboxylic acids is 3. The molecule has 3 fully saturated rings. The quantitative estimate of drug-likeness (QED) is 0.180. The summed E-state index contributed by atoms with van der Waals surface area (Å²) in [7, 11) is -0.395. The van der Waals surface area contributed by atoms with Crippen molar-refractivity contribution in [3.05, 3.63) is 53.9 Å². The third-order valence-electron chi connectivity index (χ3n) is 10.8. The average Bonchev–Trinajstić information content (AvgIpc) is 4.00. The normalized spacial score (nSPS) is 27.2. The Hall–Kier alpha value is -3.73. The number of carbonyl (C=O) groups is 3. The van der Waals surface area contributed by atoms with E-state index >= 15 is 0 Å². The van der Waals surface area contributed by atoms with Crippen molar-refractivity contribution in [2.75, 3.05) is 27.3 Å². The van der Waals surface area contributed by atoms with Crippen molar-refractivity contribution in [2.45, 2.75) is 90.3 Å². The van der Waals surface area contributed by atoms with Crippen molar-refractivity contribution in [1.82, 2.24) is 29.7 Å². The van der Waals surface area contributed by atoms with Crippen LogP contribution in [0.15, 0.2) is 42.6 Å². The number of alkyl halides is 2. The molecule has 13 nitrogen and oxygen atoms in total. The molecule has 3 aromatic rings. The maximum atomic E-state index is 14.2. The average molecular weight is 860 g/mol. The molecule has 0 spiro atoms. The van der Waals surface area contributed by atoms with E-state index in [1.54, 1.807) is 23.7 Å². The Labute approximate surface area is 320 Å². The molecule has 0 radical (unpaired) electrons. The molecule has 3 amide bonds. The van der Waals surface area contributed by atoms with E-state index in [4.69, 9.17) is 19.6 Å². The molecule has 4 heterocycles. The van der Waals surface area contributed by atoms with Gasteiger partial charge in [-0.1, -0.05) is 0 Å². The van der Waals surface area contributed by atoms with Gasteiger partial charge in [0.1, 0.15) is 0 Å². The van der Waals surface area contributed by atoms with Gasteiger partial charge in [-0.2, -0.15) is 0 Å². The fourth-order valence-electron chi connectivity index (χ4n) is 7.29. The van der Waals surface area contributed by atoms with Crippen molar-refractivity contribution in [3.63, 3.8) is 0 Å². The number of nitrogens with one attached hydrogen (secondary N) is 2. The molecular formula is C38H48IN6O7S-. The number of pyridine rings is 1. The number of benzene rings is 1. The summed E-state index contributed by atoms with van der Waals surface area (Å²) in [6, 6.07) is 7.67. The third-order valence-corrected chi connectivity index (χ3v) is 16.7. The van der Waals surface area contributed by atoms with Gasteiger partial charge in [0.05, 0.1) is 0 Å². The summed E-state index contributed by atoms with van der Waals surface area (Å²) < 4.78 is 41.1. The molecule has 2 unspecified atom stereocenters. The van der Waals surface area contributed by atoms with Gasteiger partial charge in [0.25, 0.3) is 0 Å². The minimum atomic E-state index is -3.81. The summed E-state index contributed by atoms with van der Waals surface area (Å²) in [5, 5.41) is 7.99. The molecule has 15 heteroatoms. The van der Waals surface area contributed by atoms with Gasteiger partial charge in [0.2, 0.25) is 0 Å². The van der Waals surface area contributed by atoms with E-state index in [0.29, 0.717) is 56.2 Å². The van der Waals surface area contributed by atoms with Crippen molar-refractivity contribution in [2.24, 2.45) is 11.8 Å². The Morgan fingerprint density at radius 1 is 1.17 bits per heavy atom. The van der Waals surface area contributed by atoms with Gasteiger partial charge >= 0.3 is 322 Å². The van der Waals surface area contributed by atoms with Gasteiger partial charge < -0.3 is 0 Å². The van der Waals surface area contributed by atoms with Crippen LogP contribution in [0.5, 0.6) is 11.5 Å². The van der Waals surface area contributed by atoms with Gasteiger partial charge in [0.15, 0.2) is 0 Å². The molecule has 7 rings (SSSR count). The number of rotatable bonds is 9. The number of ether oxygens (including phenoxy) is 2. The monoisotopic (exact) mass is 859 g/mol. The molecule has 0 bridgehead atoms. The summed E-state index contributed by atoms with van der Waals surface area (Å²) in [5.41, 5.74) is 1.18. The fraction of sp³-hybridized carbons (Fsp3) is 0.553. The van der Waals surface area contributed by atoms with E-state index < -0.39 is 57.8 Å². The van der Waals surface area contributed by atoms with Gasteiger partial charge in [-0.25, -0.2) is 0 Å². The van der Waals surface area contributed by atoms with Crippen molar-refractivity contribution >= 4 is 38.6 Å². The van der Waals surface area contributed by atoms with Gasteiger partial charge in [0, 0.05) is 0 Å². The van der Waals surface area contributed by atoms with Gasteiger partial charge in [-0.05, 0) is 0 Å². The number of allylic oxidation sites excluding steroid dienone is 1. The van der Waals surface area contributed by atoms with Crippen LogP contribution in [0.25, 0.3) is 16.7 Å². The first kappa shape index (κ1) is 37.6. The fourth-order valence-corrected chi connectivity index (χ4v) is 12.6. The number of amides is 3. The van der Waals surface area contributed by atoms with E-state index in [0.717, 1.165) is 41.4 Å². The number of fused-ring (bicyclic) bond motifs is 3. The molecule has 2 aliphatic carbocycles. The second-order valence-electron chi connectivity index (χ2n) is 15.0. The number of nitrogens with zero attached hydrogens (tertiary/aromatic N) is 4. The first-order valence-electron chi connectivity index (χ1n) is 18.4. The number of aryl methyl sites for hydroxylation is 1. The Balaban J connectivity index is 1.16. The van der Waals surface area contributed by atoms with Gasteiger partial charge in [-0.15, -0.1) is 0 Å². The summed E-state index contributed by atoms with van der Waals surface area (Å²) >= 11 is -0.942. The molecule has 53 heavy (non-hydrogen) atoms. The number of aromatic nitrogens is 3. The molecule has 1 aromatic carbocycles. The van der Waals surface area contributed by atoms with Crippen LogP contribution >= 0.6 is 0 Å². The maximum absolute atomic E-state index is 14.2. The van der Waals surface area contributed by atoms with Crippen molar-refractivity contribution in [1.29, 1.82) is 0 Å². The topological polar surface area (TPSA) is 162 Å². The van der Waals surface area contributed by atoms with E-state index in [2.05, 4.69) is 23.9 Å². The zero-order valence-corrected chi connectivity index (χ0v) is 33.8. The first-order valence-corrected chi connectivity index (χ1v) is 22.4. The molecule has 1 saturated heterocycles. The summed E-state index contributed by atoms with van der Waals surface area (Å²) in [4.78, 5) is 48.5. The van der Waals surface area contributed by atoms with Crippen LogP contribution in [0.3, 0.4) is 0 Å². The van der Waals surface area contributed by atoms with Gasteiger partial charge in [-0.3, -0.25) is 0 Å². The van der Waals surface area contributed by atoms with E-state index in [1.165, 1.54) is 0 Å². The molecule has 2 N–H and O–H groups in total. The standard InChI is InChI=1S/C38H48IN6O7S/c1-22(2)29-15-17-45(42-29)32-19-31(27-13-14-30(51-5)23(3)34(27)40-32)52-21-25-18-28-33(39-25)35(46)41-38(37(48)43-53(49,50)26-11-12-26)20-24(38)10-8-6-7-9-16-44(4)36(28)47/h8,10,13-15,17,19,22,24-26,28,33H,6-7,9,11-12,16,18,20-21H2,1-5H3,(H,41,46)(H,43,48)/q-1/b10-8-/t24?,25?,28-,33-,38-/m1/s1. The molecule has 286 valence electrons. The van der Waals surface area contributed by atoms with Crippen LogP contribution in [-0.4, -0.2) is 91.8 Å². The number of methoxy groups -OCH3 is 1. The zero-order valence-electron chi connectivity index (χ0n) is 30.8. The summed E-state index contributed by atoms with van der Waals surface area (Å²) in [5.74, 6) is 0.144. The number of halogens is 1. The van der Waals surface area contributed by atoms with Crippen LogP contribution in [0.1, 0.15) is 76.0 Å². The SMILES string of the molecule is COc1ccc2c(OCC3C[C@H]4C(=O)N(C)CCCC/C=C\C5C[C@@]5(C(=O)NS(=O)(=O)C5CC5)NC(=O)[C@@H]4[I-]3)cc(-n3ccc(C(C)C)n3)nc2c1C. The summed E-state index contributed by atoms with van der Waals surface area (Å²) in [6.45, 7) is 7.01. The minimum absolute atomic E-state index is 0.0410. The first-order chi connectivity index (χ1) is 25.3. The van der Waals surface area contributed by atoms with Crippen molar-refractivity contribution in [3.8, 4) is 17.3 Å². The second kappa shape index (κ2) is 14.8. The van der Waals surface area contributed by atoms with Crippen molar-refractivity contribution < 1.29 is 53.5 Å². The van der Waals surface area contributed by atoms with Crippen LogP contribution < -0.4 is 40.7 Å². The zero-order chi connectivity index (χ0) is 37.7. The molecular weight excluding hydrogens is 811 g/mol. The van der Waals surface area contributed by atoms with Crippen LogP contribution in [-0.2, 0) is 24.4 Å². The predicted octanol–water partition coefficient (Wildman–Crippen LogP) is 0.768. The Bertz CT molecular complexity index is 2060. The molecule has 2 saturated carbocycles. The van der Waals surface area contributed by atoms with E-state index in [1.807, 2.05) is 49.5 Å². The number of hydrogen-bond acceptors (Lipinski definition) is 9. The Kier molecular flexibility index (Phi) is 10.5. The second-order valence-corrected chi connectivity index (χ2v) is 20.8. The molecule has 2 aromatic heterocycles. The number of sulfonamides is 1. The molecule has 5 atom stereocenters. The summed E-state index contributed by atoms with van der Waals surface area (Å²) in [6.07, 6.45) is 10.1. The number of hydrogen-bond donors (Lipinski definition) is 2. The third kappa shape index (κ3) is 7.64. The van der Waals surface area contributed by atoms with Crippen LogP contribution in [0.4, 0.5) is 0 Å². The predicted molar refractivity (Wildman–Crippen MR) is 195 cm³/mol. The van der Waals surface area contributed by atoms with Crippen LogP contribution in [0.2, 0.25) is 0 Å².